The van der Waals surface area contributed by atoms with E-state index in [9.17, 15) is 9.59 Å². The molecule has 0 aliphatic heterocycles. The number of benzene rings is 1. The molecule has 0 spiro atoms. The molecule has 0 aliphatic rings. The first kappa shape index (κ1) is 12.7. The summed E-state index contributed by atoms with van der Waals surface area (Å²) in [7, 11) is 0. The van der Waals surface area contributed by atoms with Crippen molar-refractivity contribution >= 4 is 27.9 Å². The normalized spacial score (nSPS) is 11.8. The van der Waals surface area contributed by atoms with Crippen LogP contribution >= 0.6 is 15.9 Å². The molecule has 0 fully saturated rings. The second kappa shape index (κ2) is 6.27. The van der Waals surface area contributed by atoms with E-state index in [2.05, 4.69) is 15.9 Å². The zero-order valence-corrected chi connectivity index (χ0v) is 10.0. The fourth-order valence-electron chi connectivity index (χ4n) is 1.09. The van der Waals surface area contributed by atoms with E-state index >= 15 is 0 Å². The van der Waals surface area contributed by atoms with Gasteiger partial charge < -0.3 is 9.84 Å². The summed E-state index contributed by atoms with van der Waals surface area (Å²) >= 11 is 2.72. The van der Waals surface area contributed by atoms with Gasteiger partial charge >= 0.3 is 11.9 Å². The Morgan fingerprint density at radius 1 is 1.31 bits per heavy atom. The highest BCUT2D eigenvalue weighted by Gasteiger charge is 2.23. The van der Waals surface area contributed by atoms with Gasteiger partial charge in [0.05, 0.1) is 6.61 Å². The quantitative estimate of drug-likeness (QED) is 0.508. The molecule has 5 heteroatoms. The van der Waals surface area contributed by atoms with Gasteiger partial charge in [-0.05, 0) is 5.56 Å². The van der Waals surface area contributed by atoms with E-state index in [1.807, 2.05) is 30.3 Å². The smallest absolute Gasteiger partial charge is 0.331 e. The van der Waals surface area contributed by atoms with Crippen molar-refractivity contribution < 1.29 is 19.4 Å². The molecule has 0 aliphatic carbocycles. The lowest BCUT2D eigenvalue weighted by molar-refractivity contribution is -0.149. The van der Waals surface area contributed by atoms with E-state index in [-0.39, 0.29) is 6.61 Å². The van der Waals surface area contributed by atoms with Crippen LogP contribution in [0.2, 0.25) is 0 Å². The van der Waals surface area contributed by atoms with Crippen LogP contribution in [-0.2, 0) is 20.7 Å². The van der Waals surface area contributed by atoms with Gasteiger partial charge in [0.15, 0.2) is 0 Å². The lowest BCUT2D eigenvalue weighted by atomic mass is 10.2. The first-order valence-corrected chi connectivity index (χ1v) is 5.60. The molecule has 16 heavy (non-hydrogen) atoms. The molecule has 0 heterocycles. The van der Waals surface area contributed by atoms with E-state index in [1.54, 1.807) is 0 Å². The third-order valence-electron chi connectivity index (χ3n) is 1.90. The topological polar surface area (TPSA) is 63.6 Å². The summed E-state index contributed by atoms with van der Waals surface area (Å²) < 4.78 is 4.80. The molecule has 4 nitrogen and oxygen atoms in total. The van der Waals surface area contributed by atoms with Crippen LogP contribution in [0.15, 0.2) is 30.3 Å². The SMILES string of the molecule is O=C(O)C(Br)C(=O)OCCc1ccccc1. The van der Waals surface area contributed by atoms with Crippen LogP contribution in [0.3, 0.4) is 0 Å². The van der Waals surface area contributed by atoms with Crippen molar-refractivity contribution in [2.45, 2.75) is 11.2 Å². The van der Waals surface area contributed by atoms with Crippen molar-refractivity contribution in [1.29, 1.82) is 0 Å². The number of carbonyl (C=O) groups excluding carboxylic acids is 1. The zero-order chi connectivity index (χ0) is 12.0. The Morgan fingerprint density at radius 3 is 2.50 bits per heavy atom. The van der Waals surface area contributed by atoms with Crippen LogP contribution in [0.4, 0.5) is 0 Å². The second-order valence-corrected chi connectivity index (χ2v) is 4.02. The number of ether oxygens (including phenoxy) is 1. The van der Waals surface area contributed by atoms with Crippen molar-refractivity contribution in [3.8, 4) is 0 Å². The van der Waals surface area contributed by atoms with Gasteiger partial charge in [0.25, 0.3) is 0 Å². The van der Waals surface area contributed by atoms with Crippen LogP contribution in [0.5, 0.6) is 0 Å². The average Bonchev–Trinajstić information content (AvgIpc) is 2.29. The summed E-state index contributed by atoms with van der Waals surface area (Å²) in [6, 6.07) is 9.51. The Kier molecular flexibility index (Phi) is 4.98. The number of esters is 1. The standard InChI is InChI=1S/C11H11BrO4/c12-9(10(13)14)11(15)16-7-6-8-4-2-1-3-5-8/h1-5,9H,6-7H2,(H,13,14). The number of alkyl halides is 1. The monoisotopic (exact) mass is 286 g/mol. The minimum atomic E-state index is -1.29. The van der Waals surface area contributed by atoms with Crippen LogP contribution in [0.25, 0.3) is 0 Å². The first-order valence-electron chi connectivity index (χ1n) is 4.68. The molecule has 0 saturated heterocycles. The number of hydrogen-bond acceptors (Lipinski definition) is 3. The number of carbonyl (C=O) groups is 2. The highest BCUT2D eigenvalue weighted by Crippen LogP contribution is 2.04. The van der Waals surface area contributed by atoms with Gasteiger partial charge in [0.2, 0.25) is 4.83 Å². The Hall–Kier alpha value is -1.36. The molecule has 0 amide bonds. The Bertz CT molecular complexity index is 364. The minimum Gasteiger partial charge on any atom is -0.480 e. The molecule has 86 valence electrons. The van der Waals surface area contributed by atoms with Gasteiger partial charge in [-0.1, -0.05) is 46.3 Å². The van der Waals surface area contributed by atoms with Gasteiger partial charge in [0.1, 0.15) is 0 Å². The van der Waals surface area contributed by atoms with Gasteiger partial charge in [-0.3, -0.25) is 9.59 Å². The predicted molar refractivity (Wildman–Crippen MR) is 61.5 cm³/mol. The third kappa shape index (κ3) is 4.02. The Labute approximate surface area is 101 Å². The first-order chi connectivity index (χ1) is 7.61. The third-order valence-corrected chi connectivity index (χ3v) is 2.67. The number of carboxylic acid groups (broad SMARTS) is 1. The second-order valence-electron chi connectivity index (χ2n) is 3.10. The summed E-state index contributed by atoms with van der Waals surface area (Å²) in [5.41, 5.74) is 1.04. The van der Waals surface area contributed by atoms with Gasteiger partial charge in [-0.25, -0.2) is 0 Å². The van der Waals surface area contributed by atoms with E-state index in [1.165, 1.54) is 0 Å². The molecule has 1 unspecified atom stereocenters. The lowest BCUT2D eigenvalue weighted by Crippen LogP contribution is -2.26. The maximum absolute atomic E-state index is 11.1. The Balaban J connectivity index is 2.31. The van der Waals surface area contributed by atoms with Crippen molar-refractivity contribution in [2.75, 3.05) is 6.61 Å². The van der Waals surface area contributed by atoms with E-state index in [4.69, 9.17) is 9.84 Å². The molecule has 1 aromatic rings. The maximum atomic E-state index is 11.1. The number of carboxylic acids is 1. The zero-order valence-electron chi connectivity index (χ0n) is 8.43. The number of rotatable bonds is 5. The Morgan fingerprint density at radius 2 is 1.94 bits per heavy atom. The van der Waals surface area contributed by atoms with Crippen LogP contribution in [0.1, 0.15) is 5.56 Å². The molecule has 1 atom stereocenters. The summed E-state index contributed by atoms with van der Waals surface area (Å²) in [5.74, 6) is -2.02. The summed E-state index contributed by atoms with van der Waals surface area (Å²) in [6.07, 6.45) is 0.575. The van der Waals surface area contributed by atoms with Crippen molar-refractivity contribution in [1.82, 2.24) is 0 Å². The number of halogens is 1. The highest BCUT2D eigenvalue weighted by atomic mass is 79.9. The summed E-state index contributed by atoms with van der Waals surface area (Å²) in [4.78, 5) is 20.3. The van der Waals surface area contributed by atoms with Crippen molar-refractivity contribution in [2.24, 2.45) is 0 Å². The van der Waals surface area contributed by atoms with Gasteiger partial charge in [-0.15, -0.1) is 0 Å². The fourth-order valence-corrected chi connectivity index (χ4v) is 1.22. The summed E-state index contributed by atoms with van der Waals surface area (Å²) in [6.45, 7) is 0.179. The van der Waals surface area contributed by atoms with Crippen LogP contribution in [0, 0.1) is 0 Å². The number of aliphatic carboxylic acids is 1. The minimum absolute atomic E-state index is 0.179. The number of hydrogen-bond donors (Lipinski definition) is 1. The van der Waals surface area contributed by atoms with Crippen LogP contribution < -0.4 is 0 Å². The summed E-state index contributed by atoms with van der Waals surface area (Å²) in [5, 5.41) is 8.52. The maximum Gasteiger partial charge on any atom is 0.331 e. The largest absolute Gasteiger partial charge is 0.480 e. The van der Waals surface area contributed by atoms with E-state index in [0.29, 0.717) is 6.42 Å². The van der Waals surface area contributed by atoms with E-state index < -0.39 is 16.8 Å². The lowest BCUT2D eigenvalue weighted by Gasteiger charge is -2.06. The molecule has 1 N–H and O–H groups in total. The van der Waals surface area contributed by atoms with Gasteiger partial charge in [-0.2, -0.15) is 0 Å². The molecule has 0 aromatic heterocycles. The molecule has 1 aromatic carbocycles. The fraction of sp³-hybridized carbons (Fsp3) is 0.273. The highest BCUT2D eigenvalue weighted by molar-refractivity contribution is 9.10. The van der Waals surface area contributed by atoms with Gasteiger partial charge in [0, 0.05) is 6.42 Å². The molecular formula is C11H11BrO4. The average molecular weight is 287 g/mol. The van der Waals surface area contributed by atoms with Crippen molar-refractivity contribution in [3.05, 3.63) is 35.9 Å². The predicted octanol–water partition coefficient (Wildman–Crippen LogP) is 1.62. The molecule has 0 radical (unpaired) electrons. The van der Waals surface area contributed by atoms with Crippen molar-refractivity contribution in [3.63, 3.8) is 0 Å². The molecular weight excluding hydrogens is 276 g/mol. The van der Waals surface area contributed by atoms with Crippen LogP contribution in [-0.4, -0.2) is 28.5 Å². The molecule has 0 bridgehead atoms. The molecule has 0 saturated carbocycles. The van der Waals surface area contributed by atoms with E-state index in [0.717, 1.165) is 5.56 Å². The molecule has 1 rings (SSSR count).